The number of fused-ring (bicyclic) bond motifs is 1. The number of alkyl halides is 3. The van der Waals surface area contributed by atoms with Crippen molar-refractivity contribution in [3.05, 3.63) is 75.1 Å². The lowest BCUT2D eigenvalue weighted by molar-refractivity contribution is -0.152. The molecule has 0 spiro atoms. The van der Waals surface area contributed by atoms with E-state index in [0.29, 0.717) is 16.7 Å². The Hall–Kier alpha value is -2.80. The van der Waals surface area contributed by atoms with Crippen molar-refractivity contribution in [3.8, 4) is 0 Å². The molecule has 1 N–H and O–H groups in total. The molecule has 0 bridgehead atoms. The number of hydrogen-bond acceptors (Lipinski definition) is 3. The van der Waals surface area contributed by atoms with E-state index in [4.69, 9.17) is 16.0 Å². The molecule has 0 fully saturated rings. The van der Waals surface area contributed by atoms with Gasteiger partial charge in [0.05, 0.1) is 5.39 Å². The molecule has 4 nitrogen and oxygen atoms in total. The van der Waals surface area contributed by atoms with Crippen LogP contribution in [-0.4, -0.2) is 5.91 Å². The van der Waals surface area contributed by atoms with Gasteiger partial charge in [0.25, 0.3) is 5.91 Å². The highest BCUT2D eigenvalue weighted by Crippen LogP contribution is 2.30. The SMILES string of the molecule is O=C(Nc1ccc2oc(C(F)(F)F)cc(=O)c2c1)c1cccc(Cl)c1. The number of rotatable bonds is 2. The van der Waals surface area contributed by atoms with E-state index >= 15 is 0 Å². The number of halogens is 4. The molecule has 0 aliphatic rings. The van der Waals surface area contributed by atoms with Crippen LogP contribution < -0.4 is 10.7 Å². The molecule has 0 atom stereocenters. The van der Waals surface area contributed by atoms with E-state index in [1.54, 1.807) is 18.2 Å². The molecule has 0 aliphatic carbocycles. The molecule has 1 amide bonds. The minimum Gasteiger partial charge on any atom is -0.451 e. The fourth-order valence-electron chi connectivity index (χ4n) is 2.21. The second-order valence-corrected chi connectivity index (χ2v) is 5.58. The average molecular weight is 368 g/mol. The summed E-state index contributed by atoms with van der Waals surface area (Å²) in [5.41, 5.74) is -0.537. The lowest BCUT2D eigenvalue weighted by Gasteiger charge is -2.08. The predicted octanol–water partition coefficient (Wildman–Crippen LogP) is 4.72. The first-order valence-corrected chi connectivity index (χ1v) is 7.34. The van der Waals surface area contributed by atoms with Gasteiger partial charge >= 0.3 is 6.18 Å². The van der Waals surface area contributed by atoms with Crippen LogP contribution in [0.1, 0.15) is 16.1 Å². The molecular formula is C17H9ClF3NO3. The third kappa shape index (κ3) is 3.66. The Kier molecular flexibility index (Phi) is 4.26. The number of amides is 1. The quantitative estimate of drug-likeness (QED) is 0.713. The topological polar surface area (TPSA) is 59.3 Å². The van der Waals surface area contributed by atoms with Crippen molar-refractivity contribution in [2.75, 3.05) is 5.32 Å². The Bertz CT molecular complexity index is 1030. The first-order valence-electron chi connectivity index (χ1n) is 6.96. The lowest BCUT2D eigenvalue weighted by atomic mass is 10.1. The molecule has 2 aromatic carbocycles. The third-order valence-electron chi connectivity index (χ3n) is 3.35. The van der Waals surface area contributed by atoms with Crippen LogP contribution in [0.4, 0.5) is 18.9 Å². The Morgan fingerprint density at radius 1 is 1.08 bits per heavy atom. The third-order valence-corrected chi connectivity index (χ3v) is 3.59. The zero-order valence-electron chi connectivity index (χ0n) is 12.4. The molecule has 0 unspecified atom stereocenters. The van der Waals surface area contributed by atoms with Gasteiger partial charge in [-0.15, -0.1) is 0 Å². The molecule has 3 rings (SSSR count). The Labute approximate surface area is 143 Å². The van der Waals surface area contributed by atoms with E-state index in [2.05, 4.69) is 5.32 Å². The Balaban J connectivity index is 1.95. The monoisotopic (exact) mass is 367 g/mol. The highest BCUT2D eigenvalue weighted by Gasteiger charge is 2.34. The summed E-state index contributed by atoms with van der Waals surface area (Å²) in [6.45, 7) is 0. The summed E-state index contributed by atoms with van der Waals surface area (Å²) < 4.78 is 42.7. The Morgan fingerprint density at radius 3 is 2.52 bits per heavy atom. The van der Waals surface area contributed by atoms with Gasteiger partial charge in [-0.3, -0.25) is 9.59 Å². The lowest BCUT2D eigenvalue weighted by Crippen LogP contribution is -2.13. The summed E-state index contributed by atoms with van der Waals surface area (Å²) in [7, 11) is 0. The molecule has 0 saturated carbocycles. The van der Waals surface area contributed by atoms with E-state index in [9.17, 15) is 22.8 Å². The van der Waals surface area contributed by atoms with Gasteiger partial charge < -0.3 is 9.73 Å². The van der Waals surface area contributed by atoms with Crippen LogP contribution in [0.25, 0.3) is 11.0 Å². The fourth-order valence-corrected chi connectivity index (χ4v) is 2.40. The minimum absolute atomic E-state index is 0.0723. The molecule has 1 heterocycles. The van der Waals surface area contributed by atoms with Crippen molar-refractivity contribution in [3.63, 3.8) is 0 Å². The van der Waals surface area contributed by atoms with Gasteiger partial charge in [-0.25, -0.2) is 0 Å². The van der Waals surface area contributed by atoms with Crippen LogP contribution in [-0.2, 0) is 6.18 Å². The maximum atomic E-state index is 12.7. The Morgan fingerprint density at radius 2 is 1.84 bits per heavy atom. The number of carbonyl (C=O) groups excluding carboxylic acids is 1. The van der Waals surface area contributed by atoms with Crippen molar-refractivity contribution in [2.45, 2.75) is 6.18 Å². The molecule has 128 valence electrons. The number of benzene rings is 2. The van der Waals surface area contributed by atoms with E-state index in [0.717, 1.165) is 0 Å². The largest absolute Gasteiger partial charge is 0.451 e. The van der Waals surface area contributed by atoms with E-state index in [1.165, 1.54) is 24.3 Å². The van der Waals surface area contributed by atoms with Gasteiger partial charge in [0.15, 0.2) is 5.43 Å². The van der Waals surface area contributed by atoms with E-state index in [1.807, 2.05) is 0 Å². The molecular weight excluding hydrogens is 359 g/mol. The highest BCUT2D eigenvalue weighted by molar-refractivity contribution is 6.31. The molecule has 8 heteroatoms. The summed E-state index contributed by atoms with van der Waals surface area (Å²) in [5.74, 6) is -1.85. The number of hydrogen-bond donors (Lipinski definition) is 1. The fraction of sp³-hybridized carbons (Fsp3) is 0.0588. The average Bonchev–Trinajstić information content (AvgIpc) is 2.54. The van der Waals surface area contributed by atoms with Crippen LogP contribution in [0.15, 0.2) is 57.7 Å². The molecule has 0 aliphatic heterocycles. The molecule has 0 radical (unpaired) electrons. The van der Waals surface area contributed by atoms with Gasteiger partial charge in [-0.2, -0.15) is 13.2 Å². The van der Waals surface area contributed by atoms with Crippen molar-refractivity contribution in [2.24, 2.45) is 0 Å². The zero-order chi connectivity index (χ0) is 18.2. The molecule has 25 heavy (non-hydrogen) atoms. The summed E-state index contributed by atoms with van der Waals surface area (Å²) in [6, 6.07) is 10.4. The van der Waals surface area contributed by atoms with Gasteiger partial charge in [-0.05, 0) is 36.4 Å². The van der Waals surface area contributed by atoms with Gasteiger partial charge in [-0.1, -0.05) is 17.7 Å². The standard InChI is InChI=1S/C17H9ClF3NO3/c18-10-3-1-2-9(6-10)16(24)22-11-4-5-14-12(7-11)13(23)8-15(25-14)17(19,20)21/h1-8H,(H,22,24). The highest BCUT2D eigenvalue weighted by atomic mass is 35.5. The number of anilines is 1. The van der Waals surface area contributed by atoms with Crippen LogP contribution in [0.5, 0.6) is 0 Å². The van der Waals surface area contributed by atoms with Crippen LogP contribution >= 0.6 is 11.6 Å². The van der Waals surface area contributed by atoms with Gasteiger partial charge in [0.2, 0.25) is 5.76 Å². The van der Waals surface area contributed by atoms with E-state index < -0.39 is 23.3 Å². The predicted molar refractivity (Wildman–Crippen MR) is 86.9 cm³/mol. The van der Waals surface area contributed by atoms with Crippen molar-refractivity contribution in [1.82, 2.24) is 0 Å². The number of carbonyl (C=O) groups is 1. The van der Waals surface area contributed by atoms with Gasteiger partial charge in [0, 0.05) is 22.3 Å². The van der Waals surface area contributed by atoms with Crippen molar-refractivity contribution in [1.29, 1.82) is 0 Å². The van der Waals surface area contributed by atoms with Crippen molar-refractivity contribution >= 4 is 34.2 Å². The first-order chi connectivity index (χ1) is 11.7. The first kappa shape index (κ1) is 17.0. The summed E-state index contributed by atoms with van der Waals surface area (Å²) in [5, 5.41) is 2.86. The molecule has 1 aromatic heterocycles. The smallest absolute Gasteiger partial charge is 0.449 e. The summed E-state index contributed by atoms with van der Waals surface area (Å²) in [4.78, 5) is 24.1. The maximum absolute atomic E-state index is 12.7. The van der Waals surface area contributed by atoms with E-state index in [-0.39, 0.29) is 16.7 Å². The minimum atomic E-state index is -4.76. The number of nitrogens with one attached hydrogen (secondary N) is 1. The van der Waals surface area contributed by atoms with Crippen LogP contribution in [0, 0.1) is 0 Å². The summed E-state index contributed by atoms with van der Waals surface area (Å²) in [6.07, 6.45) is -4.76. The van der Waals surface area contributed by atoms with Crippen LogP contribution in [0.3, 0.4) is 0 Å². The molecule has 0 saturated heterocycles. The normalized spacial score (nSPS) is 11.5. The zero-order valence-corrected chi connectivity index (χ0v) is 13.1. The molecule has 3 aromatic rings. The summed E-state index contributed by atoms with van der Waals surface area (Å²) >= 11 is 5.82. The van der Waals surface area contributed by atoms with Crippen LogP contribution in [0.2, 0.25) is 5.02 Å². The van der Waals surface area contributed by atoms with Crippen molar-refractivity contribution < 1.29 is 22.4 Å². The second-order valence-electron chi connectivity index (χ2n) is 5.15. The maximum Gasteiger partial charge on any atom is 0.449 e. The second kappa shape index (κ2) is 6.25. The van der Waals surface area contributed by atoms with Gasteiger partial charge in [0.1, 0.15) is 5.58 Å².